The van der Waals surface area contributed by atoms with E-state index in [-0.39, 0.29) is 5.56 Å². The zero-order valence-electron chi connectivity index (χ0n) is 15.1. The summed E-state index contributed by atoms with van der Waals surface area (Å²) in [6.45, 7) is 0. The molecule has 4 nitrogen and oxygen atoms in total. The molecule has 3 aromatic carbocycles. The fraction of sp³-hybridized carbons (Fsp3) is 0. The van der Waals surface area contributed by atoms with Crippen molar-refractivity contribution in [2.45, 2.75) is 0 Å². The van der Waals surface area contributed by atoms with Crippen LogP contribution in [0.15, 0.2) is 93.5 Å². The van der Waals surface area contributed by atoms with Crippen molar-refractivity contribution in [1.82, 2.24) is 14.5 Å². The van der Waals surface area contributed by atoms with Crippen LogP contribution in [0.2, 0.25) is 0 Å². The molecule has 0 atom stereocenters. The lowest BCUT2D eigenvalue weighted by molar-refractivity contribution is 0.961. The van der Waals surface area contributed by atoms with Gasteiger partial charge in [-0.25, -0.2) is 14.5 Å². The smallest absolute Gasteiger partial charge is 0.268 e. The predicted octanol–water partition coefficient (Wildman–Crippen LogP) is 5.94. The number of hydrogen-bond acceptors (Lipinski definition) is 4. The molecule has 0 aliphatic carbocycles. The van der Waals surface area contributed by atoms with Gasteiger partial charge in [0.25, 0.3) is 5.56 Å². The van der Waals surface area contributed by atoms with Crippen LogP contribution in [0.4, 0.5) is 0 Å². The van der Waals surface area contributed by atoms with Crippen LogP contribution in [0.3, 0.4) is 0 Å². The lowest BCUT2D eigenvalue weighted by atomic mass is 10.2. The lowest BCUT2D eigenvalue weighted by Crippen LogP contribution is -2.22. The second-order valence-electron chi connectivity index (χ2n) is 6.48. The van der Waals surface area contributed by atoms with E-state index in [1.54, 1.807) is 4.57 Å². The van der Waals surface area contributed by atoms with Crippen molar-refractivity contribution >= 4 is 38.2 Å². The quantitative estimate of drug-likeness (QED) is 0.335. The topological polar surface area (TPSA) is 47.8 Å². The number of hydrogen-bond donors (Lipinski definition) is 0. The molecule has 140 valence electrons. The van der Waals surface area contributed by atoms with Gasteiger partial charge in [-0.15, -0.1) is 11.3 Å². The van der Waals surface area contributed by atoms with Crippen molar-refractivity contribution in [1.29, 1.82) is 0 Å². The van der Waals surface area contributed by atoms with Crippen LogP contribution in [0.25, 0.3) is 38.7 Å². The largest absolute Gasteiger partial charge is 0.268 e. The second kappa shape index (κ2) is 7.39. The first kappa shape index (κ1) is 18.0. The maximum Gasteiger partial charge on any atom is 0.268 e. The van der Waals surface area contributed by atoms with Crippen LogP contribution >= 0.6 is 27.3 Å². The molecule has 0 unspecified atom stereocenters. The molecule has 6 heteroatoms. The molecule has 0 saturated carbocycles. The van der Waals surface area contributed by atoms with Gasteiger partial charge in [-0.05, 0) is 18.2 Å². The van der Waals surface area contributed by atoms with Crippen LogP contribution in [0.5, 0.6) is 0 Å². The van der Waals surface area contributed by atoms with Crippen LogP contribution in [-0.4, -0.2) is 14.5 Å². The van der Waals surface area contributed by atoms with Gasteiger partial charge in [-0.3, -0.25) is 4.79 Å². The molecule has 0 radical (unpaired) electrons. The summed E-state index contributed by atoms with van der Waals surface area (Å²) in [6, 6.07) is 25.2. The van der Waals surface area contributed by atoms with E-state index in [1.165, 1.54) is 11.3 Å². The average molecular weight is 460 g/mol. The van der Waals surface area contributed by atoms with E-state index in [2.05, 4.69) is 15.9 Å². The first-order valence-corrected chi connectivity index (χ1v) is 10.7. The monoisotopic (exact) mass is 459 g/mol. The van der Waals surface area contributed by atoms with Gasteiger partial charge >= 0.3 is 0 Å². The van der Waals surface area contributed by atoms with E-state index in [1.807, 2.05) is 84.2 Å². The van der Waals surface area contributed by atoms with Gasteiger partial charge in [0.1, 0.15) is 5.82 Å². The van der Waals surface area contributed by atoms with Crippen LogP contribution < -0.4 is 5.56 Å². The number of halogens is 1. The number of fused-ring (bicyclic) bond motifs is 1. The Bertz CT molecular complexity index is 1380. The Labute approximate surface area is 179 Å². The van der Waals surface area contributed by atoms with Crippen molar-refractivity contribution in [3.8, 4) is 27.8 Å². The fourth-order valence-electron chi connectivity index (χ4n) is 3.22. The Hall–Kier alpha value is -3.09. The zero-order valence-corrected chi connectivity index (χ0v) is 17.5. The van der Waals surface area contributed by atoms with E-state index in [4.69, 9.17) is 9.97 Å². The standard InChI is InChI=1S/C23H14BrN3OS/c24-17-11-12-19-18(13-17)22(28)27(21(25-19)16-9-5-2-6-10-16)23-26-20(14-29-23)15-7-3-1-4-8-15/h1-14H. The van der Waals surface area contributed by atoms with Gasteiger partial charge in [-0.2, -0.15) is 0 Å². The molecule has 29 heavy (non-hydrogen) atoms. The van der Waals surface area contributed by atoms with Crippen molar-refractivity contribution in [3.63, 3.8) is 0 Å². The highest BCUT2D eigenvalue weighted by molar-refractivity contribution is 9.10. The number of aromatic nitrogens is 3. The molecular weight excluding hydrogens is 446 g/mol. The summed E-state index contributed by atoms with van der Waals surface area (Å²) in [6.07, 6.45) is 0. The highest BCUT2D eigenvalue weighted by Gasteiger charge is 2.17. The van der Waals surface area contributed by atoms with Gasteiger partial charge in [0.15, 0.2) is 5.13 Å². The third kappa shape index (κ3) is 3.30. The third-order valence-electron chi connectivity index (χ3n) is 4.62. The van der Waals surface area contributed by atoms with Crippen molar-refractivity contribution in [3.05, 3.63) is 99.1 Å². The molecular formula is C23H14BrN3OS. The molecule has 2 heterocycles. The van der Waals surface area contributed by atoms with E-state index in [0.29, 0.717) is 21.9 Å². The van der Waals surface area contributed by atoms with E-state index >= 15 is 0 Å². The molecule has 5 aromatic rings. The Morgan fingerprint density at radius 3 is 2.24 bits per heavy atom. The Morgan fingerprint density at radius 1 is 0.828 bits per heavy atom. The van der Waals surface area contributed by atoms with Gasteiger partial charge in [0.05, 0.1) is 16.6 Å². The summed E-state index contributed by atoms with van der Waals surface area (Å²) in [5, 5.41) is 3.12. The number of rotatable bonds is 3. The summed E-state index contributed by atoms with van der Waals surface area (Å²) in [5.74, 6) is 0.583. The highest BCUT2D eigenvalue weighted by Crippen LogP contribution is 2.28. The normalized spacial score (nSPS) is 11.1. The number of thiazole rings is 1. The molecule has 0 bridgehead atoms. The minimum Gasteiger partial charge on any atom is -0.268 e. The summed E-state index contributed by atoms with van der Waals surface area (Å²) >= 11 is 4.89. The molecule has 0 N–H and O–H groups in total. The molecule has 0 amide bonds. The number of nitrogens with zero attached hydrogens (tertiary/aromatic N) is 3. The Kier molecular flexibility index (Phi) is 4.58. The minimum atomic E-state index is -0.135. The number of benzene rings is 3. The van der Waals surface area contributed by atoms with Crippen molar-refractivity contribution in [2.24, 2.45) is 0 Å². The van der Waals surface area contributed by atoms with E-state index in [9.17, 15) is 4.79 Å². The molecule has 0 spiro atoms. The van der Waals surface area contributed by atoms with Crippen LogP contribution in [0, 0.1) is 0 Å². The molecule has 0 saturated heterocycles. The lowest BCUT2D eigenvalue weighted by Gasteiger charge is -2.11. The molecule has 2 aromatic heterocycles. The first-order chi connectivity index (χ1) is 14.2. The van der Waals surface area contributed by atoms with Crippen molar-refractivity contribution < 1.29 is 0 Å². The van der Waals surface area contributed by atoms with Crippen LogP contribution in [0.1, 0.15) is 0 Å². The maximum absolute atomic E-state index is 13.5. The van der Waals surface area contributed by atoms with Gasteiger partial charge in [-0.1, -0.05) is 76.6 Å². The van der Waals surface area contributed by atoms with Gasteiger partial charge in [0.2, 0.25) is 0 Å². The van der Waals surface area contributed by atoms with Gasteiger partial charge in [0, 0.05) is 21.0 Å². The molecule has 0 aliphatic heterocycles. The summed E-state index contributed by atoms with van der Waals surface area (Å²) in [7, 11) is 0. The van der Waals surface area contributed by atoms with Crippen molar-refractivity contribution in [2.75, 3.05) is 0 Å². The summed E-state index contributed by atoms with van der Waals surface area (Å²) in [5.41, 5.74) is 3.25. The molecule has 5 rings (SSSR count). The maximum atomic E-state index is 13.5. The molecule has 0 aliphatic rings. The Balaban J connectivity index is 1.79. The predicted molar refractivity (Wildman–Crippen MR) is 122 cm³/mol. The van der Waals surface area contributed by atoms with E-state index in [0.717, 1.165) is 21.3 Å². The minimum absolute atomic E-state index is 0.135. The Morgan fingerprint density at radius 2 is 1.52 bits per heavy atom. The van der Waals surface area contributed by atoms with Gasteiger partial charge < -0.3 is 0 Å². The van der Waals surface area contributed by atoms with E-state index < -0.39 is 0 Å². The SMILES string of the molecule is O=c1c2cc(Br)ccc2nc(-c2ccccc2)n1-c1nc(-c2ccccc2)cs1. The fourth-order valence-corrected chi connectivity index (χ4v) is 4.42. The summed E-state index contributed by atoms with van der Waals surface area (Å²) < 4.78 is 2.45. The van der Waals surface area contributed by atoms with Crippen LogP contribution in [-0.2, 0) is 0 Å². The first-order valence-electron chi connectivity index (χ1n) is 9.00. The molecule has 0 fully saturated rings. The second-order valence-corrected chi connectivity index (χ2v) is 8.24. The average Bonchev–Trinajstić information content (AvgIpc) is 3.25. The third-order valence-corrected chi connectivity index (χ3v) is 5.93. The zero-order chi connectivity index (χ0) is 19.8. The highest BCUT2D eigenvalue weighted by atomic mass is 79.9. The summed E-state index contributed by atoms with van der Waals surface area (Å²) in [4.78, 5) is 23.1.